The number of fused-ring (bicyclic) bond motifs is 3. The fraction of sp³-hybridized carbons (Fsp3) is 0.462. The maximum Gasteiger partial charge on any atom is 0.263 e. The Morgan fingerprint density at radius 1 is 1.28 bits per heavy atom. The van der Waals surface area contributed by atoms with Crippen LogP contribution in [0.15, 0.2) is 34.2 Å². The van der Waals surface area contributed by atoms with Crippen LogP contribution in [0.5, 0.6) is 0 Å². The largest absolute Gasteiger partial charge is 0.376 e. The highest BCUT2D eigenvalue weighted by Crippen LogP contribution is 2.34. The SMILES string of the molecule is CCc1ccc(NC(=O)CSc2nc3sc4c(c3c(=O)n2C[C@H]2CCCO2)CCN(C(C)=O)C4)cc1. The van der Waals surface area contributed by atoms with E-state index in [0.29, 0.717) is 48.0 Å². The first-order valence-corrected chi connectivity index (χ1v) is 14.2. The number of anilines is 1. The summed E-state index contributed by atoms with van der Waals surface area (Å²) in [5.41, 5.74) is 2.89. The molecule has 2 aromatic heterocycles. The number of rotatable bonds is 7. The van der Waals surface area contributed by atoms with Gasteiger partial charge in [-0.25, -0.2) is 4.98 Å². The molecule has 2 aliphatic heterocycles. The van der Waals surface area contributed by atoms with Crippen molar-refractivity contribution in [3.63, 3.8) is 0 Å². The third kappa shape index (κ3) is 5.21. The number of aromatic nitrogens is 2. The highest BCUT2D eigenvalue weighted by Gasteiger charge is 2.27. The molecule has 5 rings (SSSR count). The van der Waals surface area contributed by atoms with Crippen LogP contribution in [0.2, 0.25) is 0 Å². The summed E-state index contributed by atoms with van der Waals surface area (Å²) in [5.74, 6) is 0.0284. The molecule has 0 spiro atoms. The van der Waals surface area contributed by atoms with Crippen LogP contribution in [0.4, 0.5) is 5.69 Å². The van der Waals surface area contributed by atoms with Crippen LogP contribution in [-0.2, 0) is 40.3 Å². The second-order valence-corrected chi connectivity index (χ2v) is 11.2. The van der Waals surface area contributed by atoms with Crippen molar-refractivity contribution in [3.05, 3.63) is 50.6 Å². The summed E-state index contributed by atoms with van der Waals surface area (Å²) in [6.07, 6.45) is 3.44. The molecule has 8 nitrogen and oxygen atoms in total. The third-order valence-electron chi connectivity index (χ3n) is 6.76. The lowest BCUT2D eigenvalue weighted by molar-refractivity contribution is -0.129. The number of amides is 2. The number of carbonyl (C=O) groups is 2. The molecule has 190 valence electrons. The molecule has 0 aliphatic carbocycles. The highest BCUT2D eigenvalue weighted by molar-refractivity contribution is 7.99. The third-order valence-corrected chi connectivity index (χ3v) is 8.85. The zero-order valence-electron chi connectivity index (χ0n) is 20.5. The minimum atomic E-state index is -0.148. The van der Waals surface area contributed by atoms with Crippen LogP contribution in [0.3, 0.4) is 0 Å². The van der Waals surface area contributed by atoms with Gasteiger partial charge in [0.25, 0.3) is 5.56 Å². The topological polar surface area (TPSA) is 93.5 Å². The molecular formula is C26H30N4O4S2. The van der Waals surface area contributed by atoms with Crippen LogP contribution in [-0.4, -0.2) is 51.3 Å². The summed E-state index contributed by atoms with van der Waals surface area (Å²) < 4.78 is 7.51. The van der Waals surface area contributed by atoms with E-state index >= 15 is 0 Å². The number of benzene rings is 1. The molecule has 4 heterocycles. The summed E-state index contributed by atoms with van der Waals surface area (Å²) in [5, 5.41) is 4.11. The second kappa shape index (κ2) is 10.7. The summed E-state index contributed by atoms with van der Waals surface area (Å²) in [7, 11) is 0. The Balaban J connectivity index is 1.42. The lowest BCUT2D eigenvalue weighted by atomic mass is 10.1. The van der Waals surface area contributed by atoms with Gasteiger partial charge in [0.1, 0.15) is 4.83 Å². The van der Waals surface area contributed by atoms with E-state index in [1.807, 2.05) is 24.3 Å². The van der Waals surface area contributed by atoms with Crippen LogP contribution < -0.4 is 10.9 Å². The van der Waals surface area contributed by atoms with Crippen LogP contribution in [0.1, 0.15) is 42.7 Å². The zero-order valence-corrected chi connectivity index (χ0v) is 22.2. The predicted molar refractivity (Wildman–Crippen MR) is 143 cm³/mol. The van der Waals surface area contributed by atoms with Crippen molar-refractivity contribution >= 4 is 50.8 Å². The van der Waals surface area contributed by atoms with Crippen molar-refractivity contribution in [1.82, 2.24) is 14.5 Å². The Morgan fingerprint density at radius 2 is 2.08 bits per heavy atom. The van der Waals surface area contributed by atoms with Gasteiger partial charge in [-0.2, -0.15) is 0 Å². The van der Waals surface area contributed by atoms with Gasteiger partial charge in [-0.15, -0.1) is 11.3 Å². The minimum Gasteiger partial charge on any atom is -0.376 e. The Hall–Kier alpha value is -2.69. The number of hydrogen-bond donors (Lipinski definition) is 1. The van der Waals surface area contributed by atoms with E-state index in [1.54, 1.807) is 16.4 Å². The van der Waals surface area contributed by atoms with Crippen LogP contribution in [0, 0.1) is 0 Å². The van der Waals surface area contributed by atoms with E-state index in [2.05, 4.69) is 12.2 Å². The van der Waals surface area contributed by atoms with Crippen molar-refractivity contribution in [3.8, 4) is 0 Å². The fourth-order valence-corrected chi connectivity index (χ4v) is 6.83. The molecule has 1 saturated heterocycles. The number of nitrogens with one attached hydrogen (secondary N) is 1. The summed E-state index contributed by atoms with van der Waals surface area (Å²) in [6, 6.07) is 7.81. The van der Waals surface area contributed by atoms with Gasteiger partial charge in [-0.1, -0.05) is 30.8 Å². The molecule has 1 fully saturated rings. The standard InChI is InChI=1S/C26H30N4O4S2/c1-3-17-6-8-18(9-7-17)27-22(32)15-35-26-28-24-23(25(33)30(26)13-19-5-4-12-34-19)20-10-11-29(16(2)31)14-21(20)36-24/h6-9,19H,3-5,10-15H2,1-2H3,(H,27,32)/t19-/m1/s1. The summed E-state index contributed by atoms with van der Waals surface area (Å²) >= 11 is 2.75. The fourth-order valence-electron chi connectivity index (χ4n) is 4.74. The molecule has 0 saturated carbocycles. The van der Waals surface area contributed by atoms with Gasteiger partial charge in [-0.05, 0) is 48.9 Å². The van der Waals surface area contributed by atoms with Crippen LogP contribution in [0.25, 0.3) is 10.2 Å². The Morgan fingerprint density at radius 3 is 2.78 bits per heavy atom. The Kier molecular flexibility index (Phi) is 7.45. The molecule has 2 amide bonds. The first kappa shape index (κ1) is 25.0. The predicted octanol–water partition coefficient (Wildman–Crippen LogP) is 3.83. The maximum atomic E-state index is 13.8. The molecule has 0 radical (unpaired) electrons. The van der Waals surface area contributed by atoms with E-state index in [9.17, 15) is 14.4 Å². The first-order chi connectivity index (χ1) is 17.4. The van der Waals surface area contributed by atoms with E-state index in [1.165, 1.54) is 28.7 Å². The summed E-state index contributed by atoms with van der Waals surface area (Å²) in [4.78, 5) is 46.7. The normalized spacial score (nSPS) is 17.4. The minimum absolute atomic E-state index is 0.0325. The lowest BCUT2D eigenvalue weighted by Gasteiger charge is -2.25. The number of carbonyl (C=O) groups excluding carboxylic acids is 2. The van der Waals surface area contributed by atoms with Gasteiger partial charge in [0, 0.05) is 30.6 Å². The number of thioether (sulfide) groups is 1. The average Bonchev–Trinajstić information content (AvgIpc) is 3.52. The molecule has 2 aliphatic rings. The molecule has 10 heteroatoms. The lowest BCUT2D eigenvalue weighted by Crippen LogP contribution is -2.34. The van der Waals surface area contributed by atoms with Gasteiger partial charge < -0.3 is 15.0 Å². The van der Waals surface area contributed by atoms with Crippen molar-refractivity contribution in [2.24, 2.45) is 0 Å². The second-order valence-electron chi connectivity index (χ2n) is 9.21. The quantitative estimate of drug-likeness (QED) is 0.372. The number of thiophene rings is 1. The maximum absolute atomic E-state index is 13.8. The average molecular weight is 527 g/mol. The number of nitrogens with zero attached hydrogens (tertiary/aromatic N) is 3. The Labute approximate surface area is 218 Å². The number of aryl methyl sites for hydroxylation is 1. The molecular weight excluding hydrogens is 496 g/mol. The van der Waals surface area contributed by atoms with E-state index < -0.39 is 0 Å². The number of hydrogen-bond acceptors (Lipinski definition) is 7. The first-order valence-electron chi connectivity index (χ1n) is 12.4. The summed E-state index contributed by atoms with van der Waals surface area (Å²) in [6.45, 7) is 5.91. The molecule has 3 aromatic rings. The van der Waals surface area contributed by atoms with Crippen molar-refractivity contribution < 1.29 is 14.3 Å². The van der Waals surface area contributed by atoms with Crippen LogP contribution >= 0.6 is 23.1 Å². The van der Waals surface area contributed by atoms with Crippen molar-refractivity contribution in [1.29, 1.82) is 0 Å². The van der Waals surface area contributed by atoms with Gasteiger partial charge in [-0.3, -0.25) is 19.0 Å². The number of ether oxygens (including phenoxy) is 1. The van der Waals surface area contributed by atoms with E-state index in [4.69, 9.17) is 9.72 Å². The Bertz CT molecular complexity index is 1340. The monoisotopic (exact) mass is 526 g/mol. The molecule has 1 atom stereocenters. The molecule has 36 heavy (non-hydrogen) atoms. The van der Waals surface area contributed by atoms with Gasteiger partial charge in [0.05, 0.1) is 30.3 Å². The molecule has 1 N–H and O–H groups in total. The van der Waals surface area contributed by atoms with Gasteiger partial charge in [0.2, 0.25) is 11.8 Å². The smallest absolute Gasteiger partial charge is 0.263 e. The van der Waals surface area contributed by atoms with Crippen molar-refractivity contribution in [2.75, 3.05) is 24.2 Å². The molecule has 1 aromatic carbocycles. The highest BCUT2D eigenvalue weighted by atomic mass is 32.2. The molecule has 0 unspecified atom stereocenters. The molecule has 0 bridgehead atoms. The van der Waals surface area contributed by atoms with E-state index in [0.717, 1.165) is 35.4 Å². The van der Waals surface area contributed by atoms with Crippen molar-refractivity contribution in [2.45, 2.75) is 63.9 Å². The van der Waals surface area contributed by atoms with Gasteiger partial charge in [0.15, 0.2) is 5.16 Å². The van der Waals surface area contributed by atoms with E-state index in [-0.39, 0.29) is 29.2 Å². The zero-order chi connectivity index (χ0) is 25.2. The van der Waals surface area contributed by atoms with Gasteiger partial charge >= 0.3 is 0 Å².